The fourth-order valence-electron chi connectivity index (χ4n) is 2.64. The number of aromatic nitrogens is 1. The van der Waals surface area contributed by atoms with Crippen LogP contribution in [0.25, 0.3) is 10.2 Å². The largest absolute Gasteiger partial charge is 0.378 e. The Labute approximate surface area is 122 Å². The summed E-state index contributed by atoms with van der Waals surface area (Å²) in [6.45, 7) is 7.92. The van der Waals surface area contributed by atoms with Gasteiger partial charge in [0.05, 0.1) is 23.4 Å². The molecule has 0 unspecified atom stereocenters. The Kier molecular flexibility index (Phi) is 3.81. The number of carbonyl (C=O) groups is 1. The Balaban J connectivity index is 1.96. The van der Waals surface area contributed by atoms with Gasteiger partial charge in [0.2, 0.25) is 0 Å². The number of carbonyl (C=O) groups excluding carboxylic acids is 1. The van der Waals surface area contributed by atoms with Crippen molar-refractivity contribution in [3.05, 3.63) is 23.2 Å². The second-order valence-corrected chi connectivity index (χ2v) is 6.56. The molecule has 0 aromatic carbocycles. The number of thiophene rings is 1. The Morgan fingerprint density at radius 1 is 1.40 bits per heavy atom. The summed E-state index contributed by atoms with van der Waals surface area (Å²) in [5, 5.41) is 2.09. The molecule has 0 atom stereocenters. The Bertz CT molecular complexity index is 608. The predicted molar refractivity (Wildman–Crippen MR) is 81.4 cm³/mol. The van der Waals surface area contributed by atoms with Gasteiger partial charge in [-0.05, 0) is 23.4 Å². The van der Waals surface area contributed by atoms with Crippen LogP contribution in [0, 0.1) is 5.92 Å². The Morgan fingerprint density at radius 2 is 2.15 bits per heavy atom. The molecule has 0 aliphatic carbocycles. The van der Waals surface area contributed by atoms with Gasteiger partial charge >= 0.3 is 0 Å². The summed E-state index contributed by atoms with van der Waals surface area (Å²) in [4.78, 5) is 14.6. The summed E-state index contributed by atoms with van der Waals surface area (Å²) in [5.41, 5.74) is 2.00. The molecule has 1 fully saturated rings. The Hall–Kier alpha value is -1.33. The van der Waals surface area contributed by atoms with Gasteiger partial charge < -0.3 is 14.2 Å². The lowest BCUT2D eigenvalue weighted by Gasteiger charge is -2.27. The molecule has 4 nitrogen and oxygen atoms in total. The van der Waals surface area contributed by atoms with Gasteiger partial charge in [-0.1, -0.05) is 13.8 Å². The minimum absolute atomic E-state index is 0.136. The first-order chi connectivity index (χ1) is 9.66. The third-order valence-electron chi connectivity index (χ3n) is 3.59. The molecule has 0 bridgehead atoms. The SMILES string of the molecule is CC(C)Cn1c(C(=O)N2CCOCC2)cc2sccc21. The van der Waals surface area contributed by atoms with Gasteiger partial charge in [-0.2, -0.15) is 0 Å². The monoisotopic (exact) mass is 292 g/mol. The van der Waals surface area contributed by atoms with Crippen molar-refractivity contribution >= 4 is 27.5 Å². The summed E-state index contributed by atoms with van der Waals surface area (Å²) in [6, 6.07) is 4.15. The number of fused-ring (bicyclic) bond motifs is 1. The lowest BCUT2D eigenvalue weighted by Crippen LogP contribution is -2.41. The van der Waals surface area contributed by atoms with Crippen molar-refractivity contribution < 1.29 is 9.53 Å². The average molecular weight is 292 g/mol. The maximum atomic E-state index is 12.7. The molecule has 20 heavy (non-hydrogen) atoms. The van der Waals surface area contributed by atoms with E-state index in [1.54, 1.807) is 11.3 Å². The van der Waals surface area contributed by atoms with Crippen molar-refractivity contribution in [2.45, 2.75) is 20.4 Å². The maximum absolute atomic E-state index is 12.7. The van der Waals surface area contributed by atoms with E-state index in [4.69, 9.17) is 4.74 Å². The molecular weight excluding hydrogens is 272 g/mol. The highest BCUT2D eigenvalue weighted by atomic mass is 32.1. The smallest absolute Gasteiger partial charge is 0.270 e. The summed E-state index contributed by atoms with van der Waals surface area (Å²) >= 11 is 1.70. The van der Waals surface area contributed by atoms with Crippen LogP contribution in [-0.4, -0.2) is 41.7 Å². The fourth-order valence-corrected chi connectivity index (χ4v) is 3.47. The van der Waals surface area contributed by atoms with E-state index in [-0.39, 0.29) is 5.91 Å². The third-order valence-corrected chi connectivity index (χ3v) is 4.44. The number of hydrogen-bond donors (Lipinski definition) is 0. The molecule has 2 aromatic rings. The molecule has 5 heteroatoms. The zero-order valence-corrected chi connectivity index (χ0v) is 12.8. The lowest BCUT2D eigenvalue weighted by atomic mass is 10.2. The number of rotatable bonds is 3. The van der Waals surface area contributed by atoms with E-state index in [0.29, 0.717) is 32.2 Å². The second kappa shape index (κ2) is 5.58. The summed E-state index contributed by atoms with van der Waals surface area (Å²) < 4.78 is 8.70. The zero-order valence-electron chi connectivity index (χ0n) is 12.0. The molecular formula is C15H20N2O2S. The van der Waals surface area contributed by atoms with Crippen LogP contribution in [0.2, 0.25) is 0 Å². The van der Waals surface area contributed by atoms with Crippen LogP contribution >= 0.6 is 11.3 Å². The van der Waals surface area contributed by atoms with Crippen LogP contribution in [-0.2, 0) is 11.3 Å². The first-order valence-corrected chi connectivity index (χ1v) is 7.98. The highest BCUT2D eigenvalue weighted by Crippen LogP contribution is 2.27. The topological polar surface area (TPSA) is 34.5 Å². The van der Waals surface area contributed by atoms with Gasteiger partial charge in [-0.3, -0.25) is 4.79 Å². The van der Waals surface area contributed by atoms with E-state index >= 15 is 0 Å². The number of hydrogen-bond acceptors (Lipinski definition) is 3. The van der Waals surface area contributed by atoms with Gasteiger partial charge in [0, 0.05) is 19.6 Å². The maximum Gasteiger partial charge on any atom is 0.270 e. The minimum atomic E-state index is 0.136. The normalized spacial score (nSPS) is 16.2. The molecule has 1 amide bonds. The molecule has 1 saturated heterocycles. The van der Waals surface area contributed by atoms with Crippen LogP contribution in [0.15, 0.2) is 17.5 Å². The molecule has 3 heterocycles. The van der Waals surface area contributed by atoms with Crippen molar-refractivity contribution in [1.82, 2.24) is 9.47 Å². The van der Waals surface area contributed by atoms with Crippen LogP contribution in [0.4, 0.5) is 0 Å². The van der Waals surface area contributed by atoms with Crippen molar-refractivity contribution in [2.75, 3.05) is 26.3 Å². The van der Waals surface area contributed by atoms with E-state index in [9.17, 15) is 4.79 Å². The molecule has 0 saturated carbocycles. The van der Waals surface area contributed by atoms with Gasteiger partial charge in [0.25, 0.3) is 5.91 Å². The summed E-state index contributed by atoms with van der Waals surface area (Å²) in [5.74, 6) is 0.652. The van der Waals surface area contributed by atoms with E-state index in [0.717, 1.165) is 12.2 Å². The van der Waals surface area contributed by atoms with Crippen LogP contribution < -0.4 is 0 Å². The van der Waals surface area contributed by atoms with Gasteiger partial charge in [0.15, 0.2) is 0 Å². The molecule has 108 valence electrons. The van der Waals surface area contributed by atoms with Crippen molar-refractivity contribution in [2.24, 2.45) is 5.92 Å². The second-order valence-electron chi connectivity index (χ2n) is 5.61. The zero-order chi connectivity index (χ0) is 14.1. The van der Waals surface area contributed by atoms with E-state index in [1.807, 2.05) is 11.0 Å². The number of amides is 1. The first kappa shape index (κ1) is 13.6. The first-order valence-electron chi connectivity index (χ1n) is 7.10. The average Bonchev–Trinajstić information content (AvgIpc) is 3.01. The van der Waals surface area contributed by atoms with Crippen LogP contribution in [0.5, 0.6) is 0 Å². The van der Waals surface area contributed by atoms with E-state index < -0.39 is 0 Å². The third kappa shape index (κ3) is 2.47. The van der Waals surface area contributed by atoms with Crippen LogP contribution in [0.3, 0.4) is 0 Å². The van der Waals surface area contributed by atoms with Gasteiger partial charge in [-0.15, -0.1) is 11.3 Å². The van der Waals surface area contributed by atoms with Gasteiger partial charge in [0.1, 0.15) is 5.69 Å². The van der Waals surface area contributed by atoms with Crippen molar-refractivity contribution in [3.8, 4) is 0 Å². The van der Waals surface area contributed by atoms with E-state index in [1.165, 1.54) is 10.2 Å². The summed E-state index contributed by atoms with van der Waals surface area (Å²) in [7, 11) is 0. The number of ether oxygens (including phenoxy) is 1. The fraction of sp³-hybridized carbons (Fsp3) is 0.533. The van der Waals surface area contributed by atoms with Gasteiger partial charge in [-0.25, -0.2) is 0 Å². The molecule has 0 N–H and O–H groups in total. The predicted octanol–water partition coefficient (Wildman–Crippen LogP) is 2.83. The highest BCUT2D eigenvalue weighted by Gasteiger charge is 2.23. The van der Waals surface area contributed by atoms with Crippen molar-refractivity contribution in [1.29, 1.82) is 0 Å². The van der Waals surface area contributed by atoms with E-state index in [2.05, 4.69) is 29.9 Å². The quantitative estimate of drug-likeness (QED) is 0.872. The molecule has 3 rings (SSSR count). The lowest BCUT2D eigenvalue weighted by molar-refractivity contribution is 0.0296. The molecule has 0 spiro atoms. The van der Waals surface area contributed by atoms with Crippen molar-refractivity contribution in [3.63, 3.8) is 0 Å². The summed E-state index contributed by atoms with van der Waals surface area (Å²) in [6.07, 6.45) is 0. The molecule has 1 aliphatic rings. The molecule has 2 aromatic heterocycles. The molecule has 1 aliphatic heterocycles. The highest BCUT2D eigenvalue weighted by molar-refractivity contribution is 7.17. The minimum Gasteiger partial charge on any atom is -0.378 e. The Morgan fingerprint density at radius 3 is 2.85 bits per heavy atom. The number of nitrogens with zero attached hydrogens (tertiary/aromatic N) is 2. The standard InChI is InChI=1S/C15H20N2O2S/c1-11(2)10-17-12-3-8-20-14(12)9-13(17)15(18)16-4-6-19-7-5-16/h3,8-9,11H,4-7,10H2,1-2H3. The number of morpholine rings is 1. The molecule has 0 radical (unpaired) electrons. The van der Waals surface area contributed by atoms with Crippen LogP contribution in [0.1, 0.15) is 24.3 Å².